The van der Waals surface area contributed by atoms with Gasteiger partial charge in [0.15, 0.2) is 20.7 Å². The second-order valence-electron chi connectivity index (χ2n) is 6.83. The highest BCUT2D eigenvalue weighted by molar-refractivity contribution is 7.91. The van der Waals surface area contributed by atoms with Gasteiger partial charge in [-0.25, -0.2) is 13.4 Å². The van der Waals surface area contributed by atoms with Gasteiger partial charge in [0, 0.05) is 17.2 Å². The Kier molecular flexibility index (Phi) is 6.06. The quantitative estimate of drug-likeness (QED) is 0.411. The number of aromatic nitrogens is 1. The maximum Gasteiger partial charge on any atom is 0.226 e. The van der Waals surface area contributed by atoms with Crippen LogP contribution in [0, 0.1) is 0 Å². The Hall–Kier alpha value is -3.17. The topological polar surface area (TPSA) is 98.5 Å². The van der Waals surface area contributed by atoms with Gasteiger partial charge in [-0.1, -0.05) is 18.2 Å². The van der Waals surface area contributed by atoms with Crippen molar-refractivity contribution < 1.29 is 22.4 Å². The first-order valence-corrected chi connectivity index (χ1v) is 12.1. The predicted molar refractivity (Wildman–Crippen MR) is 120 cm³/mol. The number of hydrogen-bond acceptors (Lipinski definition) is 7. The standard InChI is InChI=1S/C22H20N2O5S2/c1-28-16-8-10-17(11-9-16)31(26,27)12-4-7-21(25)24-22-23-18(14-30-22)20-13-15-5-2-3-6-19(15)29-20/h2-3,5-6,8-11,13-14H,4,7,12H2,1H3,(H,23,24,25). The van der Waals surface area contributed by atoms with E-state index in [0.29, 0.717) is 22.3 Å². The lowest BCUT2D eigenvalue weighted by Gasteiger charge is -2.06. The molecule has 0 bridgehead atoms. The summed E-state index contributed by atoms with van der Waals surface area (Å²) < 4.78 is 35.7. The molecule has 31 heavy (non-hydrogen) atoms. The van der Waals surface area contributed by atoms with E-state index in [0.717, 1.165) is 11.0 Å². The molecule has 4 aromatic rings. The number of hydrogen-bond donors (Lipinski definition) is 1. The Morgan fingerprint density at radius 3 is 2.68 bits per heavy atom. The monoisotopic (exact) mass is 456 g/mol. The SMILES string of the molecule is COc1ccc(S(=O)(=O)CCCC(=O)Nc2nc(-c3cc4ccccc4o3)cs2)cc1. The summed E-state index contributed by atoms with van der Waals surface area (Å²) in [5.41, 5.74) is 1.41. The van der Waals surface area contributed by atoms with Crippen LogP contribution in [0.2, 0.25) is 0 Å². The van der Waals surface area contributed by atoms with Gasteiger partial charge in [0.1, 0.15) is 17.0 Å². The maximum atomic E-state index is 12.4. The van der Waals surface area contributed by atoms with Crippen molar-refractivity contribution >= 4 is 43.2 Å². The molecule has 0 atom stereocenters. The minimum absolute atomic E-state index is 0.0783. The summed E-state index contributed by atoms with van der Waals surface area (Å²) >= 11 is 1.29. The Morgan fingerprint density at radius 2 is 1.94 bits per heavy atom. The zero-order valence-electron chi connectivity index (χ0n) is 16.7. The second kappa shape index (κ2) is 8.91. The Labute approximate surface area is 183 Å². The number of amides is 1. The zero-order valence-corrected chi connectivity index (χ0v) is 18.3. The molecule has 0 fully saturated rings. The molecule has 1 N–H and O–H groups in total. The molecule has 0 saturated heterocycles. The van der Waals surface area contributed by atoms with Crippen molar-refractivity contribution in [2.75, 3.05) is 18.2 Å². The van der Waals surface area contributed by atoms with Crippen molar-refractivity contribution in [1.29, 1.82) is 0 Å². The lowest BCUT2D eigenvalue weighted by Crippen LogP contribution is -2.14. The summed E-state index contributed by atoms with van der Waals surface area (Å²) in [4.78, 5) is 16.8. The number of sulfone groups is 1. The number of nitrogens with one attached hydrogen (secondary N) is 1. The first kappa shape index (κ1) is 21.1. The van der Waals surface area contributed by atoms with Crippen LogP contribution in [0.1, 0.15) is 12.8 Å². The highest BCUT2D eigenvalue weighted by atomic mass is 32.2. The Morgan fingerprint density at radius 1 is 1.16 bits per heavy atom. The van der Waals surface area contributed by atoms with Gasteiger partial charge in [-0.2, -0.15) is 0 Å². The Bertz CT molecular complexity index is 1270. The summed E-state index contributed by atoms with van der Waals surface area (Å²) in [6.07, 6.45) is 0.289. The molecule has 0 radical (unpaired) electrons. The fourth-order valence-corrected chi connectivity index (χ4v) is 5.08. The number of methoxy groups -OCH3 is 1. The number of rotatable bonds is 8. The van der Waals surface area contributed by atoms with Gasteiger partial charge < -0.3 is 14.5 Å². The van der Waals surface area contributed by atoms with Crippen LogP contribution in [0.15, 0.2) is 69.3 Å². The van der Waals surface area contributed by atoms with Gasteiger partial charge in [0.05, 0.1) is 17.8 Å². The summed E-state index contributed by atoms with van der Waals surface area (Å²) in [7, 11) is -1.94. The Balaban J connectivity index is 1.32. The molecule has 7 nitrogen and oxygen atoms in total. The fraction of sp³-hybridized carbons (Fsp3) is 0.182. The van der Waals surface area contributed by atoms with E-state index in [2.05, 4.69) is 10.3 Å². The normalized spacial score (nSPS) is 11.5. The number of thiazole rings is 1. The zero-order chi connectivity index (χ0) is 21.8. The number of carbonyl (C=O) groups excluding carboxylic acids is 1. The molecule has 9 heteroatoms. The van der Waals surface area contributed by atoms with Crippen molar-refractivity contribution in [3.05, 3.63) is 60.0 Å². The maximum absolute atomic E-state index is 12.4. The molecule has 4 rings (SSSR count). The van der Waals surface area contributed by atoms with Crippen molar-refractivity contribution in [2.45, 2.75) is 17.7 Å². The molecule has 1 amide bonds. The number of anilines is 1. The molecule has 160 valence electrons. The summed E-state index contributed by atoms with van der Waals surface area (Å²) in [5, 5.41) is 5.95. The van der Waals surface area contributed by atoms with Crippen molar-refractivity contribution in [1.82, 2.24) is 4.98 Å². The van der Waals surface area contributed by atoms with Crippen LogP contribution in [0.3, 0.4) is 0 Å². The number of carbonyl (C=O) groups is 1. The highest BCUT2D eigenvalue weighted by Crippen LogP contribution is 2.30. The minimum Gasteiger partial charge on any atom is -0.497 e. The molecule has 0 unspecified atom stereocenters. The molecule has 2 heterocycles. The third kappa shape index (κ3) is 4.95. The number of ether oxygens (including phenoxy) is 1. The average molecular weight is 457 g/mol. The number of para-hydroxylation sites is 1. The molecular formula is C22H20N2O5S2. The van der Waals surface area contributed by atoms with E-state index in [1.165, 1.54) is 30.6 Å². The summed E-state index contributed by atoms with van der Waals surface area (Å²) in [6, 6.07) is 15.8. The van der Waals surface area contributed by atoms with Gasteiger partial charge >= 0.3 is 0 Å². The van der Waals surface area contributed by atoms with E-state index in [4.69, 9.17) is 9.15 Å². The molecular weight excluding hydrogens is 436 g/mol. The first-order chi connectivity index (χ1) is 14.9. The minimum atomic E-state index is -3.46. The third-order valence-electron chi connectivity index (χ3n) is 4.66. The van der Waals surface area contributed by atoms with Gasteiger partial charge in [-0.15, -0.1) is 11.3 Å². The van der Waals surface area contributed by atoms with Crippen LogP contribution in [-0.4, -0.2) is 32.2 Å². The molecule has 0 aliphatic carbocycles. The van der Waals surface area contributed by atoms with Gasteiger partial charge in [-0.3, -0.25) is 4.79 Å². The van der Waals surface area contributed by atoms with Crippen LogP contribution >= 0.6 is 11.3 Å². The van der Waals surface area contributed by atoms with E-state index < -0.39 is 9.84 Å². The molecule has 0 spiro atoms. The van der Waals surface area contributed by atoms with E-state index in [-0.39, 0.29) is 29.4 Å². The number of fused-ring (bicyclic) bond motifs is 1. The molecule has 0 saturated carbocycles. The van der Waals surface area contributed by atoms with Crippen LogP contribution < -0.4 is 10.1 Å². The average Bonchev–Trinajstić information content (AvgIpc) is 3.40. The molecule has 0 aliphatic rings. The van der Waals surface area contributed by atoms with Gasteiger partial charge in [0.2, 0.25) is 5.91 Å². The van der Waals surface area contributed by atoms with Crippen molar-refractivity contribution in [3.8, 4) is 17.2 Å². The smallest absolute Gasteiger partial charge is 0.226 e. The predicted octanol–water partition coefficient (Wildman–Crippen LogP) is 4.76. The fourth-order valence-electron chi connectivity index (χ4n) is 3.06. The summed E-state index contributed by atoms with van der Waals surface area (Å²) in [5.74, 6) is 0.817. The highest BCUT2D eigenvalue weighted by Gasteiger charge is 2.16. The van der Waals surface area contributed by atoms with Crippen LogP contribution in [-0.2, 0) is 14.6 Å². The van der Waals surface area contributed by atoms with Crippen LogP contribution in [0.25, 0.3) is 22.4 Å². The number of furan rings is 1. The van der Waals surface area contributed by atoms with E-state index >= 15 is 0 Å². The second-order valence-corrected chi connectivity index (χ2v) is 9.80. The lowest BCUT2D eigenvalue weighted by molar-refractivity contribution is -0.116. The van der Waals surface area contributed by atoms with E-state index in [1.807, 2.05) is 35.7 Å². The van der Waals surface area contributed by atoms with E-state index in [9.17, 15) is 13.2 Å². The van der Waals surface area contributed by atoms with Crippen LogP contribution in [0.4, 0.5) is 5.13 Å². The van der Waals surface area contributed by atoms with Gasteiger partial charge in [-0.05, 0) is 42.8 Å². The largest absolute Gasteiger partial charge is 0.497 e. The van der Waals surface area contributed by atoms with Crippen molar-refractivity contribution in [3.63, 3.8) is 0 Å². The lowest BCUT2D eigenvalue weighted by atomic mass is 10.2. The summed E-state index contributed by atoms with van der Waals surface area (Å²) in [6.45, 7) is 0. The first-order valence-electron chi connectivity index (χ1n) is 9.56. The third-order valence-corrected chi connectivity index (χ3v) is 7.24. The van der Waals surface area contributed by atoms with E-state index in [1.54, 1.807) is 12.1 Å². The number of nitrogens with zero attached hydrogens (tertiary/aromatic N) is 1. The van der Waals surface area contributed by atoms with Gasteiger partial charge in [0.25, 0.3) is 0 Å². The van der Waals surface area contributed by atoms with Crippen LogP contribution in [0.5, 0.6) is 5.75 Å². The molecule has 2 aromatic carbocycles. The molecule has 0 aliphatic heterocycles. The number of benzene rings is 2. The molecule has 2 aromatic heterocycles. The van der Waals surface area contributed by atoms with Crippen molar-refractivity contribution in [2.24, 2.45) is 0 Å².